The van der Waals surface area contributed by atoms with Crippen LogP contribution < -0.4 is 4.90 Å². The molecule has 0 saturated heterocycles. The van der Waals surface area contributed by atoms with Crippen molar-refractivity contribution >= 4 is 11.8 Å². The first-order valence-electron chi connectivity index (χ1n) is 5.24. The minimum Gasteiger partial charge on any atom is -0.462 e. The standard InChI is InChI=1S/C11H13F3N2O2/c1-3-18-10(17)8-4-5-9(15-6-8)16(2)7-11(12,13)14/h4-6H,3,7H2,1-2H3. The number of hydrogen-bond donors (Lipinski definition) is 0. The number of carbonyl (C=O) groups is 1. The monoisotopic (exact) mass is 262 g/mol. The van der Waals surface area contributed by atoms with Crippen molar-refractivity contribution < 1.29 is 22.7 Å². The fourth-order valence-corrected chi connectivity index (χ4v) is 1.30. The van der Waals surface area contributed by atoms with Crippen molar-refractivity contribution in [2.75, 3.05) is 25.1 Å². The second-order valence-electron chi connectivity index (χ2n) is 3.60. The Kier molecular flexibility index (Phi) is 4.52. The second kappa shape index (κ2) is 5.70. The molecule has 0 aliphatic carbocycles. The Bertz CT molecular complexity index is 404. The molecule has 0 bridgehead atoms. The summed E-state index contributed by atoms with van der Waals surface area (Å²) in [6.45, 7) is 0.796. The molecule has 1 rings (SSSR count). The molecule has 0 aliphatic heterocycles. The number of esters is 1. The molecule has 0 atom stereocenters. The quantitative estimate of drug-likeness (QED) is 0.780. The average Bonchev–Trinajstić information content (AvgIpc) is 2.27. The lowest BCUT2D eigenvalue weighted by molar-refractivity contribution is -0.119. The summed E-state index contributed by atoms with van der Waals surface area (Å²) in [6, 6.07) is 2.73. The highest BCUT2D eigenvalue weighted by Crippen LogP contribution is 2.19. The van der Waals surface area contributed by atoms with E-state index in [4.69, 9.17) is 4.74 Å². The number of halogens is 3. The summed E-state index contributed by atoms with van der Waals surface area (Å²) in [5.74, 6) is -0.407. The molecular weight excluding hydrogens is 249 g/mol. The van der Waals surface area contributed by atoms with Gasteiger partial charge in [0, 0.05) is 13.2 Å². The molecule has 0 N–H and O–H groups in total. The highest BCUT2D eigenvalue weighted by molar-refractivity contribution is 5.89. The maximum atomic E-state index is 12.2. The molecule has 1 heterocycles. The van der Waals surface area contributed by atoms with Crippen molar-refractivity contribution in [1.29, 1.82) is 0 Å². The van der Waals surface area contributed by atoms with Gasteiger partial charge in [0.05, 0.1) is 12.2 Å². The zero-order valence-corrected chi connectivity index (χ0v) is 9.99. The van der Waals surface area contributed by atoms with Crippen LogP contribution in [0.4, 0.5) is 19.0 Å². The molecule has 0 aromatic carbocycles. The van der Waals surface area contributed by atoms with Crippen LogP contribution in [0, 0.1) is 0 Å². The molecule has 0 radical (unpaired) electrons. The van der Waals surface area contributed by atoms with Crippen molar-refractivity contribution in [3.05, 3.63) is 23.9 Å². The summed E-state index contributed by atoms with van der Waals surface area (Å²) in [5.41, 5.74) is 0.209. The van der Waals surface area contributed by atoms with Crippen LogP contribution in [-0.4, -0.2) is 37.3 Å². The number of ether oxygens (including phenoxy) is 1. The summed E-state index contributed by atoms with van der Waals surface area (Å²) in [7, 11) is 1.28. The molecule has 4 nitrogen and oxygen atoms in total. The fourth-order valence-electron chi connectivity index (χ4n) is 1.30. The summed E-state index contributed by atoms with van der Waals surface area (Å²) >= 11 is 0. The van der Waals surface area contributed by atoms with Crippen molar-refractivity contribution in [3.8, 4) is 0 Å². The molecule has 0 amide bonds. The Morgan fingerprint density at radius 1 is 1.44 bits per heavy atom. The van der Waals surface area contributed by atoms with E-state index in [-0.39, 0.29) is 18.0 Å². The second-order valence-corrected chi connectivity index (χ2v) is 3.60. The first kappa shape index (κ1) is 14.3. The topological polar surface area (TPSA) is 42.4 Å². The van der Waals surface area contributed by atoms with Gasteiger partial charge in [0.2, 0.25) is 0 Å². The lowest BCUT2D eigenvalue weighted by atomic mass is 10.3. The van der Waals surface area contributed by atoms with Crippen molar-refractivity contribution in [2.24, 2.45) is 0 Å². The maximum Gasteiger partial charge on any atom is 0.405 e. The van der Waals surface area contributed by atoms with E-state index in [1.807, 2.05) is 0 Å². The molecule has 0 saturated carbocycles. The van der Waals surface area contributed by atoms with Crippen molar-refractivity contribution in [1.82, 2.24) is 4.98 Å². The summed E-state index contributed by atoms with van der Waals surface area (Å²) in [6.07, 6.45) is -3.10. The maximum absolute atomic E-state index is 12.2. The van der Waals surface area contributed by atoms with Gasteiger partial charge in [-0.1, -0.05) is 0 Å². The fraction of sp³-hybridized carbons (Fsp3) is 0.455. The van der Waals surface area contributed by atoms with Crippen LogP contribution in [-0.2, 0) is 4.74 Å². The zero-order chi connectivity index (χ0) is 13.8. The number of alkyl halides is 3. The molecule has 18 heavy (non-hydrogen) atoms. The van der Waals surface area contributed by atoms with Crippen LogP contribution in [0.2, 0.25) is 0 Å². The first-order valence-corrected chi connectivity index (χ1v) is 5.24. The Hall–Kier alpha value is -1.79. The average molecular weight is 262 g/mol. The Morgan fingerprint density at radius 3 is 2.56 bits per heavy atom. The van der Waals surface area contributed by atoms with E-state index >= 15 is 0 Å². The van der Waals surface area contributed by atoms with E-state index in [0.717, 1.165) is 4.90 Å². The lowest BCUT2D eigenvalue weighted by Crippen LogP contribution is -2.31. The smallest absolute Gasteiger partial charge is 0.405 e. The van der Waals surface area contributed by atoms with Gasteiger partial charge in [-0.2, -0.15) is 13.2 Å². The van der Waals surface area contributed by atoms with E-state index in [9.17, 15) is 18.0 Å². The molecular formula is C11H13F3N2O2. The van der Waals surface area contributed by atoms with Crippen LogP contribution >= 0.6 is 0 Å². The number of nitrogens with zero attached hydrogens (tertiary/aromatic N) is 2. The van der Waals surface area contributed by atoms with Gasteiger partial charge in [0.1, 0.15) is 12.4 Å². The number of anilines is 1. The van der Waals surface area contributed by atoms with Gasteiger partial charge in [-0.05, 0) is 19.1 Å². The lowest BCUT2D eigenvalue weighted by Gasteiger charge is -2.19. The Balaban J connectivity index is 2.73. The molecule has 0 fully saturated rings. The SMILES string of the molecule is CCOC(=O)c1ccc(N(C)CC(F)(F)F)nc1. The van der Waals surface area contributed by atoms with Crippen LogP contribution in [0.3, 0.4) is 0 Å². The van der Waals surface area contributed by atoms with Crippen LogP contribution in [0.5, 0.6) is 0 Å². The summed E-state index contributed by atoms with van der Waals surface area (Å²) in [4.78, 5) is 16.0. The molecule has 1 aromatic heterocycles. The molecule has 0 spiro atoms. The predicted molar refractivity (Wildman–Crippen MR) is 59.5 cm³/mol. The normalized spacial score (nSPS) is 11.2. The largest absolute Gasteiger partial charge is 0.462 e. The number of rotatable bonds is 4. The molecule has 7 heteroatoms. The van der Waals surface area contributed by atoms with Gasteiger partial charge in [-0.3, -0.25) is 0 Å². The summed E-state index contributed by atoms with van der Waals surface area (Å²) in [5, 5.41) is 0. The van der Waals surface area contributed by atoms with Crippen LogP contribution in [0.15, 0.2) is 18.3 Å². The highest BCUT2D eigenvalue weighted by atomic mass is 19.4. The van der Waals surface area contributed by atoms with Gasteiger partial charge >= 0.3 is 12.1 Å². The minimum absolute atomic E-state index is 0.139. The van der Waals surface area contributed by atoms with Gasteiger partial charge in [0.25, 0.3) is 0 Å². The first-order chi connectivity index (χ1) is 8.33. The van der Waals surface area contributed by atoms with E-state index in [2.05, 4.69) is 4.98 Å². The molecule has 0 unspecified atom stereocenters. The van der Waals surface area contributed by atoms with E-state index < -0.39 is 18.7 Å². The third-order valence-corrected chi connectivity index (χ3v) is 2.07. The van der Waals surface area contributed by atoms with Crippen LogP contribution in [0.1, 0.15) is 17.3 Å². The number of carbonyl (C=O) groups excluding carboxylic acids is 1. The Morgan fingerprint density at radius 2 is 2.11 bits per heavy atom. The highest BCUT2D eigenvalue weighted by Gasteiger charge is 2.29. The van der Waals surface area contributed by atoms with Crippen molar-refractivity contribution in [2.45, 2.75) is 13.1 Å². The van der Waals surface area contributed by atoms with E-state index in [1.54, 1.807) is 6.92 Å². The minimum atomic E-state index is -4.30. The van der Waals surface area contributed by atoms with Crippen molar-refractivity contribution in [3.63, 3.8) is 0 Å². The van der Waals surface area contributed by atoms with Gasteiger partial charge in [0.15, 0.2) is 0 Å². The van der Waals surface area contributed by atoms with E-state index in [0.29, 0.717) is 0 Å². The zero-order valence-electron chi connectivity index (χ0n) is 9.99. The third-order valence-electron chi connectivity index (χ3n) is 2.07. The van der Waals surface area contributed by atoms with Crippen LogP contribution in [0.25, 0.3) is 0 Å². The van der Waals surface area contributed by atoms with Gasteiger partial charge in [-0.25, -0.2) is 9.78 Å². The summed E-state index contributed by atoms with van der Waals surface area (Å²) < 4.78 is 41.2. The molecule has 100 valence electrons. The number of aromatic nitrogens is 1. The number of pyridine rings is 1. The Labute approximate surface area is 102 Å². The third kappa shape index (κ3) is 4.23. The number of hydrogen-bond acceptors (Lipinski definition) is 4. The predicted octanol–water partition coefficient (Wildman–Crippen LogP) is 2.26. The molecule has 1 aromatic rings. The van der Waals surface area contributed by atoms with E-state index in [1.165, 1.54) is 25.4 Å². The van der Waals surface area contributed by atoms with Gasteiger partial charge < -0.3 is 9.64 Å². The van der Waals surface area contributed by atoms with Gasteiger partial charge in [-0.15, -0.1) is 0 Å². The molecule has 0 aliphatic rings.